The highest BCUT2D eigenvalue weighted by atomic mass is 35.5. The Labute approximate surface area is 216 Å². The second-order valence-corrected chi connectivity index (χ2v) is 8.21. The molecular weight excluding hydrogens is 517 g/mol. The summed E-state index contributed by atoms with van der Waals surface area (Å²) in [7, 11) is 2.93. The van der Waals surface area contributed by atoms with Gasteiger partial charge in [0.2, 0.25) is 0 Å². The van der Waals surface area contributed by atoms with Crippen LogP contribution in [0.5, 0.6) is 17.2 Å². The third-order valence-corrected chi connectivity index (χ3v) is 5.40. The topological polar surface area (TPSA) is 98.2 Å². The molecule has 11 heteroatoms. The molecule has 0 aliphatic heterocycles. The summed E-state index contributed by atoms with van der Waals surface area (Å²) in [5, 5.41) is 7.64. The van der Waals surface area contributed by atoms with Crippen molar-refractivity contribution >= 4 is 58.5 Å². The summed E-state index contributed by atoms with van der Waals surface area (Å²) in [5.41, 5.74) is 3.77. The average molecular weight is 537 g/mol. The second kappa shape index (κ2) is 12.3. The molecule has 182 valence electrons. The predicted molar refractivity (Wildman–Crippen MR) is 136 cm³/mol. The first-order valence-corrected chi connectivity index (χ1v) is 11.2. The summed E-state index contributed by atoms with van der Waals surface area (Å²) in [4.78, 5) is 24.3. The minimum atomic E-state index is -0.977. The van der Waals surface area contributed by atoms with E-state index in [0.717, 1.165) is 5.56 Å². The average Bonchev–Trinajstić information content (AvgIpc) is 2.84. The van der Waals surface area contributed by atoms with Gasteiger partial charge in [0.25, 0.3) is 0 Å². The van der Waals surface area contributed by atoms with Crippen molar-refractivity contribution in [2.45, 2.75) is 6.61 Å². The van der Waals surface area contributed by atoms with Crippen molar-refractivity contribution in [2.24, 2.45) is 5.10 Å². The minimum absolute atomic E-state index is 0.211. The Morgan fingerprint density at radius 2 is 1.54 bits per heavy atom. The van der Waals surface area contributed by atoms with Crippen molar-refractivity contribution < 1.29 is 23.8 Å². The van der Waals surface area contributed by atoms with Crippen LogP contribution in [0.1, 0.15) is 11.1 Å². The largest absolute Gasteiger partial charge is 0.495 e. The van der Waals surface area contributed by atoms with Gasteiger partial charge in [-0.15, -0.1) is 0 Å². The summed E-state index contributed by atoms with van der Waals surface area (Å²) >= 11 is 18.0. The van der Waals surface area contributed by atoms with Crippen molar-refractivity contribution in [3.8, 4) is 17.2 Å². The molecule has 0 unspecified atom stereocenters. The number of rotatable bonds is 8. The van der Waals surface area contributed by atoms with Crippen LogP contribution in [-0.2, 0) is 16.2 Å². The number of amides is 2. The number of hydrogen-bond acceptors (Lipinski definition) is 6. The highest BCUT2D eigenvalue weighted by molar-refractivity contribution is 6.40. The maximum Gasteiger partial charge on any atom is 0.329 e. The van der Waals surface area contributed by atoms with E-state index in [4.69, 9.17) is 49.0 Å². The van der Waals surface area contributed by atoms with E-state index in [-0.39, 0.29) is 12.3 Å². The molecule has 2 N–H and O–H groups in total. The van der Waals surface area contributed by atoms with Crippen LogP contribution in [0.15, 0.2) is 59.7 Å². The molecule has 35 heavy (non-hydrogen) atoms. The summed E-state index contributed by atoms with van der Waals surface area (Å²) in [6, 6.07) is 14.8. The molecule has 0 radical (unpaired) electrons. The van der Waals surface area contributed by atoms with Gasteiger partial charge in [0.15, 0.2) is 11.5 Å². The van der Waals surface area contributed by atoms with Crippen molar-refractivity contribution in [3.05, 3.63) is 80.8 Å². The SMILES string of the molecule is COc1ccc(Cl)cc1NC(=O)C(=O)N/N=C/c1ccc(OCc2ccc(Cl)cc2Cl)c(OC)c1. The van der Waals surface area contributed by atoms with Crippen molar-refractivity contribution in [3.63, 3.8) is 0 Å². The van der Waals surface area contributed by atoms with Gasteiger partial charge in [0.1, 0.15) is 12.4 Å². The second-order valence-electron chi connectivity index (χ2n) is 6.93. The molecule has 0 saturated carbocycles. The molecule has 3 aromatic rings. The molecule has 3 rings (SSSR count). The molecule has 0 fully saturated rings. The zero-order chi connectivity index (χ0) is 25.4. The lowest BCUT2D eigenvalue weighted by molar-refractivity contribution is -0.136. The highest BCUT2D eigenvalue weighted by Crippen LogP contribution is 2.30. The van der Waals surface area contributed by atoms with Crippen molar-refractivity contribution in [1.82, 2.24) is 5.43 Å². The number of ether oxygens (including phenoxy) is 3. The zero-order valence-corrected chi connectivity index (χ0v) is 20.9. The van der Waals surface area contributed by atoms with E-state index in [2.05, 4.69) is 15.8 Å². The molecule has 0 spiro atoms. The van der Waals surface area contributed by atoms with Gasteiger partial charge in [0.05, 0.1) is 26.1 Å². The van der Waals surface area contributed by atoms with Crippen LogP contribution in [0.3, 0.4) is 0 Å². The Bertz CT molecular complexity index is 1270. The van der Waals surface area contributed by atoms with Crippen LogP contribution >= 0.6 is 34.8 Å². The van der Waals surface area contributed by atoms with Gasteiger partial charge in [-0.05, 0) is 54.1 Å². The molecule has 0 heterocycles. The molecule has 8 nitrogen and oxygen atoms in total. The molecule has 3 aromatic carbocycles. The fourth-order valence-corrected chi connectivity index (χ4v) is 3.49. The predicted octanol–water partition coefficient (Wildman–Crippen LogP) is 5.33. The molecule has 0 atom stereocenters. The van der Waals surface area contributed by atoms with E-state index in [1.807, 2.05) is 0 Å². The molecule has 0 aromatic heterocycles. The molecule has 0 saturated heterocycles. The Balaban J connectivity index is 1.60. The van der Waals surface area contributed by atoms with Crippen molar-refractivity contribution in [2.75, 3.05) is 19.5 Å². The number of hydrazone groups is 1. The lowest BCUT2D eigenvalue weighted by Gasteiger charge is -2.12. The van der Waals surface area contributed by atoms with Crippen LogP contribution in [0.4, 0.5) is 5.69 Å². The first kappa shape index (κ1) is 26.2. The number of benzene rings is 3. The third-order valence-electron chi connectivity index (χ3n) is 4.58. The lowest BCUT2D eigenvalue weighted by Crippen LogP contribution is -2.32. The van der Waals surface area contributed by atoms with Crippen LogP contribution < -0.4 is 25.0 Å². The van der Waals surface area contributed by atoms with Crippen LogP contribution in [0.25, 0.3) is 0 Å². The summed E-state index contributed by atoms with van der Waals surface area (Å²) in [6.45, 7) is 0.211. The Kier molecular flexibility index (Phi) is 9.19. The van der Waals surface area contributed by atoms with Crippen LogP contribution in [0, 0.1) is 0 Å². The quantitative estimate of drug-likeness (QED) is 0.230. The molecule has 0 aliphatic carbocycles. The number of carbonyl (C=O) groups is 2. The van der Waals surface area contributed by atoms with E-state index in [9.17, 15) is 9.59 Å². The van der Waals surface area contributed by atoms with E-state index in [1.54, 1.807) is 48.5 Å². The summed E-state index contributed by atoms with van der Waals surface area (Å²) < 4.78 is 16.3. The number of carbonyl (C=O) groups excluding carboxylic acids is 2. The standard InChI is InChI=1S/C24H20Cl3N3O5/c1-33-20-8-6-17(26)11-19(20)29-23(31)24(32)30-28-12-14-3-7-21(22(9-14)34-2)35-13-15-4-5-16(25)10-18(15)27/h3-12H,13H2,1-2H3,(H,29,31)(H,30,32)/b28-12+. The fraction of sp³-hybridized carbons (Fsp3) is 0.125. The Morgan fingerprint density at radius 3 is 2.26 bits per heavy atom. The number of methoxy groups -OCH3 is 2. The van der Waals surface area contributed by atoms with Crippen molar-refractivity contribution in [1.29, 1.82) is 0 Å². The summed E-state index contributed by atoms with van der Waals surface area (Å²) in [5.74, 6) is -0.641. The van der Waals surface area contributed by atoms with Gasteiger partial charge in [-0.3, -0.25) is 9.59 Å². The van der Waals surface area contributed by atoms with E-state index in [1.165, 1.54) is 26.5 Å². The normalized spacial score (nSPS) is 10.7. The van der Waals surface area contributed by atoms with E-state index >= 15 is 0 Å². The fourth-order valence-electron chi connectivity index (χ4n) is 2.85. The number of nitrogens with zero attached hydrogens (tertiary/aromatic N) is 1. The summed E-state index contributed by atoms with van der Waals surface area (Å²) in [6.07, 6.45) is 1.35. The number of hydrogen-bond donors (Lipinski definition) is 2. The number of nitrogens with one attached hydrogen (secondary N) is 2. The zero-order valence-electron chi connectivity index (χ0n) is 18.6. The van der Waals surface area contributed by atoms with Crippen LogP contribution in [-0.4, -0.2) is 32.2 Å². The van der Waals surface area contributed by atoms with E-state index < -0.39 is 11.8 Å². The van der Waals surface area contributed by atoms with Gasteiger partial charge < -0.3 is 19.5 Å². The third kappa shape index (κ3) is 7.26. The molecule has 0 bridgehead atoms. The number of halogens is 3. The first-order valence-electron chi connectivity index (χ1n) is 10.0. The van der Waals surface area contributed by atoms with Gasteiger partial charge >= 0.3 is 11.8 Å². The lowest BCUT2D eigenvalue weighted by atomic mass is 10.2. The van der Waals surface area contributed by atoms with E-state index in [0.29, 0.717) is 37.9 Å². The van der Waals surface area contributed by atoms with Crippen LogP contribution in [0.2, 0.25) is 15.1 Å². The number of anilines is 1. The maximum atomic E-state index is 12.2. The Morgan fingerprint density at radius 1 is 0.857 bits per heavy atom. The van der Waals surface area contributed by atoms with Gasteiger partial charge in [-0.25, -0.2) is 5.43 Å². The smallest absolute Gasteiger partial charge is 0.329 e. The highest BCUT2D eigenvalue weighted by Gasteiger charge is 2.16. The molecule has 0 aliphatic rings. The Hall–Kier alpha value is -3.46. The minimum Gasteiger partial charge on any atom is -0.495 e. The van der Waals surface area contributed by atoms with Gasteiger partial charge in [-0.2, -0.15) is 5.10 Å². The first-order chi connectivity index (χ1) is 16.8. The maximum absolute atomic E-state index is 12.2. The van der Waals surface area contributed by atoms with Gasteiger partial charge in [0, 0.05) is 20.6 Å². The monoisotopic (exact) mass is 535 g/mol. The molecular formula is C24H20Cl3N3O5. The van der Waals surface area contributed by atoms with Gasteiger partial charge in [-0.1, -0.05) is 40.9 Å². The molecule has 2 amide bonds.